The molecule has 0 amide bonds. The van der Waals surface area contributed by atoms with Crippen LogP contribution in [0.4, 0.5) is 0 Å². The van der Waals surface area contributed by atoms with Crippen molar-refractivity contribution in [2.45, 2.75) is 5.92 Å². The molecular formula is C11H14N2. The Labute approximate surface area is 78.9 Å². The van der Waals surface area contributed by atoms with Crippen molar-refractivity contribution < 1.29 is 0 Å². The molecule has 1 unspecified atom stereocenters. The number of rotatable bonds is 1. The number of nitrogens with zero attached hydrogens (tertiary/aromatic N) is 2. The van der Waals surface area contributed by atoms with E-state index in [4.69, 9.17) is 0 Å². The quantitative estimate of drug-likeness (QED) is 0.602. The second kappa shape index (κ2) is 3.71. The van der Waals surface area contributed by atoms with Crippen molar-refractivity contribution >= 4 is 0 Å². The maximum absolute atomic E-state index is 4.36. The van der Waals surface area contributed by atoms with Crippen molar-refractivity contribution in [2.24, 2.45) is 0 Å². The van der Waals surface area contributed by atoms with Crippen LogP contribution in [0.1, 0.15) is 11.6 Å². The molecule has 13 heavy (non-hydrogen) atoms. The summed E-state index contributed by atoms with van der Waals surface area (Å²) in [6.07, 6.45) is 6.32. The molecule has 0 spiro atoms. The lowest BCUT2D eigenvalue weighted by Crippen LogP contribution is -2.27. The molecule has 1 aliphatic rings. The van der Waals surface area contributed by atoms with Gasteiger partial charge in [-0.25, -0.2) is 0 Å². The van der Waals surface area contributed by atoms with Crippen LogP contribution in [0.25, 0.3) is 0 Å². The summed E-state index contributed by atoms with van der Waals surface area (Å²) in [6.45, 7) is 2.14. The second-order valence-electron chi connectivity index (χ2n) is 3.51. The van der Waals surface area contributed by atoms with Crippen LogP contribution in [0.2, 0.25) is 0 Å². The Morgan fingerprint density at radius 1 is 1.46 bits per heavy atom. The Balaban J connectivity index is 2.18. The minimum atomic E-state index is 0.472. The normalized spacial score (nSPS) is 23.3. The average molecular weight is 174 g/mol. The van der Waals surface area contributed by atoms with Gasteiger partial charge in [-0.05, 0) is 19.2 Å². The number of hydrogen-bond donors (Lipinski definition) is 0. The molecule has 0 saturated heterocycles. The largest absolute Gasteiger partial charge is 0.302 e. The van der Waals surface area contributed by atoms with E-state index >= 15 is 0 Å². The van der Waals surface area contributed by atoms with E-state index in [1.165, 1.54) is 5.69 Å². The second-order valence-corrected chi connectivity index (χ2v) is 3.51. The first kappa shape index (κ1) is 8.45. The van der Waals surface area contributed by atoms with Crippen LogP contribution in [0, 0.1) is 0 Å². The molecule has 0 N–H and O–H groups in total. The van der Waals surface area contributed by atoms with Crippen molar-refractivity contribution in [1.82, 2.24) is 9.88 Å². The van der Waals surface area contributed by atoms with Gasteiger partial charge in [0, 0.05) is 30.9 Å². The highest BCUT2D eigenvalue weighted by Gasteiger charge is 2.14. The van der Waals surface area contributed by atoms with Gasteiger partial charge in [-0.2, -0.15) is 0 Å². The van der Waals surface area contributed by atoms with Crippen molar-refractivity contribution in [1.29, 1.82) is 0 Å². The summed E-state index contributed by atoms with van der Waals surface area (Å²) in [5.74, 6) is 0.472. The standard InChI is InChI=1S/C11H14N2/c1-13-8-4-5-10(9-13)11-6-2-3-7-12-11/h2-7,10H,8-9H2,1H3. The van der Waals surface area contributed by atoms with Gasteiger partial charge in [-0.15, -0.1) is 0 Å². The Morgan fingerprint density at radius 3 is 3.08 bits per heavy atom. The zero-order chi connectivity index (χ0) is 9.10. The summed E-state index contributed by atoms with van der Waals surface area (Å²) in [5.41, 5.74) is 1.17. The minimum Gasteiger partial charge on any atom is -0.302 e. The van der Waals surface area contributed by atoms with Crippen molar-refractivity contribution in [3.05, 3.63) is 42.2 Å². The van der Waals surface area contributed by atoms with Gasteiger partial charge >= 0.3 is 0 Å². The molecular weight excluding hydrogens is 160 g/mol. The lowest BCUT2D eigenvalue weighted by Gasteiger charge is -2.24. The molecule has 2 heterocycles. The number of likely N-dealkylation sites (N-methyl/N-ethyl adjacent to an activating group) is 1. The van der Waals surface area contributed by atoms with Gasteiger partial charge in [0.05, 0.1) is 0 Å². The van der Waals surface area contributed by atoms with Gasteiger partial charge in [-0.1, -0.05) is 18.2 Å². The van der Waals surface area contributed by atoms with E-state index in [9.17, 15) is 0 Å². The maximum Gasteiger partial charge on any atom is 0.0485 e. The fraction of sp³-hybridized carbons (Fsp3) is 0.364. The molecule has 0 aliphatic carbocycles. The fourth-order valence-electron chi connectivity index (χ4n) is 1.66. The molecule has 2 rings (SSSR count). The third kappa shape index (κ3) is 1.95. The van der Waals surface area contributed by atoms with Crippen LogP contribution in [-0.4, -0.2) is 30.0 Å². The van der Waals surface area contributed by atoms with Crippen molar-refractivity contribution in [3.63, 3.8) is 0 Å². The summed E-state index contributed by atoms with van der Waals surface area (Å²) in [5, 5.41) is 0. The molecule has 1 aromatic rings. The summed E-state index contributed by atoms with van der Waals surface area (Å²) >= 11 is 0. The molecule has 2 nitrogen and oxygen atoms in total. The smallest absolute Gasteiger partial charge is 0.0485 e. The van der Waals surface area contributed by atoms with Gasteiger partial charge in [0.1, 0.15) is 0 Å². The molecule has 2 heteroatoms. The minimum absolute atomic E-state index is 0.472. The van der Waals surface area contributed by atoms with E-state index in [2.05, 4.69) is 35.1 Å². The molecule has 1 aromatic heterocycles. The Kier molecular flexibility index (Phi) is 2.41. The summed E-state index contributed by atoms with van der Waals surface area (Å²) in [7, 11) is 2.14. The Hall–Kier alpha value is -1.15. The lowest BCUT2D eigenvalue weighted by molar-refractivity contribution is 0.343. The van der Waals surface area contributed by atoms with Crippen LogP contribution in [-0.2, 0) is 0 Å². The maximum atomic E-state index is 4.36. The third-order valence-corrected chi connectivity index (χ3v) is 2.36. The van der Waals surface area contributed by atoms with Gasteiger partial charge in [0.2, 0.25) is 0 Å². The van der Waals surface area contributed by atoms with Crippen LogP contribution in [0.5, 0.6) is 0 Å². The molecule has 1 aliphatic heterocycles. The van der Waals surface area contributed by atoms with E-state index in [1.807, 2.05) is 18.3 Å². The summed E-state index contributed by atoms with van der Waals surface area (Å²) in [4.78, 5) is 6.66. The van der Waals surface area contributed by atoms with E-state index < -0.39 is 0 Å². The van der Waals surface area contributed by atoms with E-state index in [1.54, 1.807) is 0 Å². The van der Waals surface area contributed by atoms with Crippen molar-refractivity contribution in [3.8, 4) is 0 Å². The summed E-state index contributed by atoms with van der Waals surface area (Å²) in [6, 6.07) is 6.10. The van der Waals surface area contributed by atoms with Gasteiger partial charge < -0.3 is 4.90 Å². The highest BCUT2D eigenvalue weighted by atomic mass is 15.1. The topological polar surface area (TPSA) is 16.1 Å². The first-order valence-corrected chi connectivity index (χ1v) is 4.62. The third-order valence-electron chi connectivity index (χ3n) is 2.36. The lowest BCUT2D eigenvalue weighted by atomic mass is 10.0. The van der Waals surface area contributed by atoms with Gasteiger partial charge in [0.15, 0.2) is 0 Å². The molecule has 0 saturated carbocycles. The zero-order valence-corrected chi connectivity index (χ0v) is 7.85. The SMILES string of the molecule is CN1CC=CC(c2ccccn2)C1. The van der Waals surface area contributed by atoms with Crippen LogP contribution in [0.3, 0.4) is 0 Å². The highest BCUT2D eigenvalue weighted by molar-refractivity contribution is 5.18. The average Bonchev–Trinajstić information content (AvgIpc) is 2.19. The van der Waals surface area contributed by atoms with Gasteiger partial charge in [-0.3, -0.25) is 4.98 Å². The number of aromatic nitrogens is 1. The van der Waals surface area contributed by atoms with Crippen LogP contribution >= 0.6 is 0 Å². The number of hydrogen-bond acceptors (Lipinski definition) is 2. The Bertz CT molecular complexity index is 292. The predicted molar refractivity (Wildman–Crippen MR) is 53.6 cm³/mol. The molecule has 68 valence electrons. The van der Waals surface area contributed by atoms with Crippen molar-refractivity contribution in [2.75, 3.05) is 20.1 Å². The summed E-state index contributed by atoms with van der Waals surface area (Å²) < 4.78 is 0. The fourth-order valence-corrected chi connectivity index (χ4v) is 1.66. The van der Waals surface area contributed by atoms with E-state index in [-0.39, 0.29) is 0 Å². The van der Waals surface area contributed by atoms with Crippen LogP contribution < -0.4 is 0 Å². The number of pyridine rings is 1. The first-order chi connectivity index (χ1) is 6.36. The highest BCUT2D eigenvalue weighted by Crippen LogP contribution is 2.18. The monoisotopic (exact) mass is 174 g/mol. The van der Waals surface area contributed by atoms with E-state index in [0.29, 0.717) is 5.92 Å². The molecule has 1 atom stereocenters. The molecule has 0 bridgehead atoms. The Morgan fingerprint density at radius 2 is 2.38 bits per heavy atom. The van der Waals surface area contributed by atoms with Crippen LogP contribution in [0.15, 0.2) is 36.5 Å². The molecule has 0 aromatic carbocycles. The van der Waals surface area contributed by atoms with Gasteiger partial charge in [0.25, 0.3) is 0 Å². The first-order valence-electron chi connectivity index (χ1n) is 4.62. The zero-order valence-electron chi connectivity index (χ0n) is 7.85. The van der Waals surface area contributed by atoms with E-state index in [0.717, 1.165) is 13.1 Å². The molecule has 0 fully saturated rings. The predicted octanol–water partition coefficient (Wildman–Crippen LogP) is 1.67. The molecule has 0 radical (unpaired) electrons.